The van der Waals surface area contributed by atoms with E-state index in [1.54, 1.807) is 0 Å². The molecule has 0 aromatic heterocycles. The topological polar surface area (TPSA) is 14.1 Å². The molecule has 2 aliphatic rings. The lowest BCUT2D eigenvalue weighted by Gasteiger charge is -2.14. The summed E-state index contributed by atoms with van der Waals surface area (Å²) < 4.78 is 0. The van der Waals surface area contributed by atoms with E-state index in [1.165, 1.54) is 51.4 Å². The molecule has 0 bridgehead atoms. The predicted octanol–water partition coefficient (Wildman–Crippen LogP) is 2.48. The van der Waals surface area contributed by atoms with Crippen molar-refractivity contribution in [1.29, 1.82) is 0 Å². The van der Waals surface area contributed by atoms with Gasteiger partial charge >= 0.3 is 0 Å². The first kappa shape index (κ1) is 7.60. The van der Waals surface area contributed by atoms with Gasteiger partial charge in [0.2, 0.25) is 0 Å². The van der Waals surface area contributed by atoms with Crippen LogP contribution in [0.4, 0.5) is 0 Å². The Hall–Kier alpha value is -0.0400. The van der Waals surface area contributed by atoms with Crippen LogP contribution in [0.15, 0.2) is 0 Å². The zero-order valence-electron chi connectivity index (χ0n) is 7.26. The van der Waals surface area contributed by atoms with Crippen molar-refractivity contribution in [1.82, 2.24) is 5.32 Å². The lowest BCUT2D eigenvalue weighted by molar-refractivity contribution is 0.424. The van der Waals surface area contributed by atoms with Gasteiger partial charge in [-0.15, -0.1) is 0 Å². The first-order valence-corrected chi connectivity index (χ1v) is 5.15. The zero-order chi connectivity index (χ0) is 7.52. The molecule has 0 heterocycles. The molecule has 2 rings (SSSR count). The SMILES string of the molecule is C1CCC([N]C2CCCC2)C1. The largest absolute Gasteiger partial charge is 0.235 e. The minimum absolute atomic E-state index is 0.762. The van der Waals surface area contributed by atoms with Gasteiger partial charge in [-0.3, -0.25) is 0 Å². The van der Waals surface area contributed by atoms with Crippen molar-refractivity contribution in [3.05, 3.63) is 0 Å². The molecule has 0 amide bonds. The van der Waals surface area contributed by atoms with Crippen molar-refractivity contribution < 1.29 is 0 Å². The summed E-state index contributed by atoms with van der Waals surface area (Å²) in [5.41, 5.74) is 0. The maximum Gasteiger partial charge on any atom is 0.0249 e. The molecule has 0 spiro atoms. The molecule has 1 radical (unpaired) electrons. The van der Waals surface area contributed by atoms with Gasteiger partial charge < -0.3 is 0 Å². The highest BCUT2D eigenvalue weighted by atomic mass is 15.0. The van der Waals surface area contributed by atoms with Crippen molar-refractivity contribution in [3.8, 4) is 0 Å². The minimum Gasteiger partial charge on any atom is -0.235 e. The lowest BCUT2D eigenvalue weighted by Crippen LogP contribution is -2.27. The van der Waals surface area contributed by atoms with Crippen LogP contribution in [-0.2, 0) is 0 Å². The summed E-state index contributed by atoms with van der Waals surface area (Å²) in [5, 5.41) is 4.88. The van der Waals surface area contributed by atoms with Gasteiger partial charge in [-0.1, -0.05) is 25.7 Å². The molecule has 1 heteroatoms. The Balaban J connectivity index is 1.71. The van der Waals surface area contributed by atoms with Crippen molar-refractivity contribution in [2.24, 2.45) is 0 Å². The Morgan fingerprint density at radius 3 is 1.36 bits per heavy atom. The van der Waals surface area contributed by atoms with Gasteiger partial charge in [-0.05, 0) is 25.7 Å². The van der Waals surface area contributed by atoms with Gasteiger partial charge in [0.25, 0.3) is 0 Å². The van der Waals surface area contributed by atoms with E-state index >= 15 is 0 Å². The van der Waals surface area contributed by atoms with Gasteiger partial charge in [0.05, 0.1) is 0 Å². The molecule has 0 N–H and O–H groups in total. The van der Waals surface area contributed by atoms with Crippen molar-refractivity contribution in [2.45, 2.75) is 63.5 Å². The van der Waals surface area contributed by atoms with E-state index in [2.05, 4.69) is 0 Å². The lowest BCUT2D eigenvalue weighted by atomic mass is 10.2. The summed E-state index contributed by atoms with van der Waals surface area (Å²) in [7, 11) is 0. The summed E-state index contributed by atoms with van der Waals surface area (Å²) in [5.74, 6) is 0. The number of nitrogens with zero attached hydrogens (tertiary/aromatic N) is 1. The Labute approximate surface area is 69.6 Å². The highest BCUT2D eigenvalue weighted by Crippen LogP contribution is 2.24. The zero-order valence-corrected chi connectivity index (χ0v) is 7.26. The fourth-order valence-corrected chi connectivity index (χ4v) is 2.40. The summed E-state index contributed by atoms with van der Waals surface area (Å²) in [6, 6.07) is 1.52. The van der Waals surface area contributed by atoms with E-state index in [1.807, 2.05) is 0 Å². The molecule has 0 aromatic carbocycles. The Bertz CT molecular complexity index is 96.0. The first-order chi connectivity index (χ1) is 5.45. The quantitative estimate of drug-likeness (QED) is 0.577. The second-order valence-electron chi connectivity index (χ2n) is 4.03. The second kappa shape index (κ2) is 3.57. The van der Waals surface area contributed by atoms with Crippen molar-refractivity contribution >= 4 is 0 Å². The fourth-order valence-electron chi connectivity index (χ4n) is 2.40. The van der Waals surface area contributed by atoms with E-state index in [-0.39, 0.29) is 0 Å². The third-order valence-corrected chi connectivity index (χ3v) is 3.07. The molecular weight excluding hydrogens is 134 g/mol. The van der Waals surface area contributed by atoms with Gasteiger partial charge in [0, 0.05) is 12.1 Å². The highest BCUT2D eigenvalue weighted by molar-refractivity contribution is 4.80. The maximum atomic E-state index is 4.88. The number of hydrogen-bond donors (Lipinski definition) is 0. The van der Waals surface area contributed by atoms with E-state index in [0.717, 1.165) is 12.1 Å². The van der Waals surface area contributed by atoms with E-state index in [9.17, 15) is 0 Å². The van der Waals surface area contributed by atoms with Crippen molar-refractivity contribution in [3.63, 3.8) is 0 Å². The summed E-state index contributed by atoms with van der Waals surface area (Å²) in [6.45, 7) is 0. The molecule has 0 unspecified atom stereocenters. The molecule has 63 valence electrons. The summed E-state index contributed by atoms with van der Waals surface area (Å²) in [6.07, 6.45) is 11.3. The van der Waals surface area contributed by atoms with Crippen LogP contribution in [0.1, 0.15) is 51.4 Å². The number of hydrogen-bond acceptors (Lipinski definition) is 0. The molecule has 11 heavy (non-hydrogen) atoms. The fraction of sp³-hybridized carbons (Fsp3) is 1.00. The van der Waals surface area contributed by atoms with E-state index in [0.29, 0.717) is 0 Å². The van der Waals surface area contributed by atoms with Crippen LogP contribution in [0.25, 0.3) is 0 Å². The van der Waals surface area contributed by atoms with Crippen LogP contribution in [0.2, 0.25) is 0 Å². The summed E-state index contributed by atoms with van der Waals surface area (Å²) in [4.78, 5) is 0. The third kappa shape index (κ3) is 1.96. The molecule has 0 aliphatic heterocycles. The highest BCUT2D eigenvalue weighted by Gasteiger charge is 2.22. The van der Waals surface area contributed by atoms with Crippen molar-refractivity contribution in [2.75, 3.05) is 0 Å². The number of rotatable bonds is 2. The van der Waals surface area contributed by atoms with E-state index in [4.69, 9.17) is 5.32 Å². The van der Waals surface area contributed by atoms with Crippen LogP contribution in [0.5, 0.6) is 0 Å². The molecule has 2 saturated carbocycles. The predicted molar refractivity (Wildman–Crippen MR) is 46.6 cm³/mol. The second-order valence-corrected chi connectivity index (χ2v) is 4.03. The van der Waals surface area contributed by atoms with Crippen LogP contribution in [0.3, 0.4) is 0 Å². The Morgan fingerprint density at radius 1 is 0.636 bits per heavy atom. The van der Waals surface area contributed by atoms with Crippen LogP contribution < -0.4 is 5.32 Å². The van der Waals surface area contributed by atoms with Crippen LogP contribution in [-0.4, -0.2) is 12.1 Å². The van der Waals surface area contributed by atoms with Gasteiger partial charge in [0.1, 0.15) is 0 Å². The van der Waals surface area contributed by atoms with Gasteiger partial charge in [-0.2, -0.15) is 0 Å². The summed E-state index contributed by atoms with van der Waals surface area (Å²) >= 11 is 0. The average Bonchev–Trinajstić information content (AvgIpc) is 2.60. The third-order valence-electron chi connectivity index (χ3n) is 3.07. The first-order valence-electron chi connectivity index (χ1n) is 5.15. The minimum atomic E-state index is 0.762. The maximum absolute atomic E-state index is 4.88. The molecule has 0 aromatic rings. The molecule has 0 saturated heterocycles. The van der Waals surface area contributed by atoms with Gasteiger partial charge in [-0.25, -0.2) is 5.32 Å². The molecular formula is C10H18N. The molecule has 0 atom stereocenters. The smallest absolute Gasteiger partial charge is 0.0249 e. The normalized spacial score (nSPS) is 28.4. The average molecular weight is 152 g/mol. The molecule has 2 fully saturated rings. The standard InChI is InChI=1S/C10H18N/c1-2-6-9(5-1)11-10-7-3-4-8-10/h9-10H,1-8H2. The molecule has 2 aliphatic carbocycles. The van der Waals surface area contributed by atoms with Crippen LogP contribution >= 0.6 is 0 Å². The molecule has 1 nitrogen and oxygen atoms in total. The van der Waals surface area contributed by atoms with Gasteiger partial charge in [0.15, 0.2) is 0 Å². The Morgan fingerprint density at radius 2 is 1.00 bits per heavy atom. The van der Waals surface area contributed by atoms with Crippen LogP contribution in [0, 0.1) is 0 Å². The monoisotopic (exact) mass is 152 g/mol. The van der Waals surface area contributed by atoms with E-state index < -0.39 is 0 Å². The Kier molecular flexibility index (Phi) is 2.47.